The van der Waals surface area contributed by atoms with Gasteiger partial charge in [0.25, 0.3) is 0 Å². The zero-order chi connectivity index (χ0) is 18.1. The van der Waals surface area contributed by atoms with Gasteiger partial charge in [-0.2, -0.15) is 4.98 Å². The van der Waals surface area contributed by atoms with Crippen molar-refractivity contribution in [3.63, 3.8) is 0 Å². The number of fused-ring (bicyclic) bond motifs is 1. The molecule has 0 saturated carbocycles. The van der Waals surface area contributed by atoms with Crippen LogP contribution in [0.15, 0.2) is 28.8 Å². The largest absolute Gasteiger partial charge is 0.343 e. The topological polar surface area (TPSA) is 104 Å². The van der Waals surface area contributed by atoms with Crippen LogP contribution in [0.4, 0.5) is 4.39 Å². The first kappa shape index (κ1) is 17.1. The Kier molecular flexibility index (Phi) is 4.66. The van der Waals surface area contributed by atoms with E-state index in [0.29, 0.717) is 11.6 Å². The highest BCUT2D eigenvalue weighted by Gasteiger charge is 2.41. The standard InChI is InChI=1S/C17H21FN6O2/c1-9(17-21-15(24-26-17)10-3-2-4-11(18)7-10)20-16(25)14-12-8-19-6-5-13(12)22-23-14/h2-4,7,9,12-14,19,22-23H,5-6,8H2,1H3,(H,20,25). The van der Waals surface area contributed by atoms with Crippen molar-refractivity contribution in [3.05, 3.63) is 36.0 Å². The number of hydrogen-bond acceptors (Lipinski definition) is 7. The van der Waals surface area contributed by atoms with Gasteiger partial charge in [-0.1, -0.05) is 17.3 Å². The number of hydrazine groups is 1. The number of carbonyl (C=O) groups excluding carboxylic acids is 1. The molecule has 26 heavy (non-hydrogen) atoms. The normalized spacial score (nSPS) is 26.3. The van der Waals surface area contributed by atoms with Gasteiger partial charge >= 0.3 is 0 Å². The smallest absolute Gasteiger partial charge is 0.249 e. The van der Waals surface area contributed by atoms with Gasteiger partial charge in [-0.25, -0.2) is 9.82 Å². The van der Waals surface area contributed by atoms with E-state index in [1.807, 2.05) is 0 Å². The van der Waals surface area contributed by atoms with Crippen LogP contribution < -0.4 is 21.5 Å². The number of rotatable bonds is 4. The van der Waals surface area contributed by atoms with Gasteiger partial charge in [0, 0.05) is 24.1 Å². The number of benzene rings is 1. The van der Waals surface area contributed by atoms with Gasteiger partial charge in [0.05, 0.1) is 0 Å². The Hall–Kier alpha value is -2.36. The summed E-state index contributed by atoms with van der Waals surface area (Å²) in [4.78, 5) is 16.9. The monoisotopic (exact) mass is 360 g/mol. The van der Waals surface area contributed by atoms with Crippen molar-refractivity contribution in [1.82, 2.24) is 31.6 Å². The number of carbonyl (C=O) groups is 1. The van der Waals surface area contributed by atoms with Crippen molar-refractivity contribution in [2.45, 2.75) is 31.5 Å². The van der Waals surface area contributed by atoms with Crippen molar-refractivity contribution in [1.29, 1.82) is 0 Å². The number of nitrogens with zero attached hydrogens (tertiary/aromatic N) is 2. The zero-order valence-corrected chi connectivity index (χ0v) is 14.3. The van der Waals surface area contributed by atoms with Gasteiger partial charge in [-0.15, -0.1) is 0 Å². The van der Waals surface area contributed by atoms with Crippen LogP contribution in [0, 0.1) is 11.7 Å². The van der Waals surface area contributed by atoms with Gasteiger partial charge in [0.1, 0.15) is 17.9 Å². The highest BCUT2D eigenvalue weighted by atomic mass is 19.1. The molecule has 2 saturated heterocycles. The Bertz CT molecular complexity index is 797. The number of hydrogen-bond donors (Lipinski definition) is 4. The zero-order valence-electron chi connectivity index (χ0n) is 14.3. The van der Waals surface area contributed by atoms with Gasteiger partial charge in [0.15, 0.2) is 0 Å². The SMILES string of the molecule is CC(NC(=O)C1NNC2CCNCC21)c1nc(-c2cccc(F)c2)no1. The number of nitrogens with one attached hydrogen (secondary N) is 4. The van der Waals surface area contributed by atoms with Crippen LogP contribution in [0.3, 0.4) is 0 Å². The fourth-order valence-electron chi connectivity index (χ4n) is 3.50. The maximum atomic E-state index is 13.3. The van der Waals surface area contributed by atoms with Gasteiger partial charge < -0.3 is 15.2 Å². The molecule has 2 fully saturated rings. The maximum absolute atomic E-state index is 13.3. The first-order valence-corrected chi connectivity index (χ1v) is 8.73. The fourth-order valence-corrected chi connectivity index (χ4v) is 3.50. The molecule has 4 unspecified atom stereocenters. The number of aromatic nitrogens is 2. The minimum atomic E-state index is -0.449. The third kappa shape index (κ3) is 3.33. The van der Waals surface area contributed by atoms with E-state index >= 15 is 0 Å². The predicted molar refractivity (Wildman–Crippen MR) is 91.1 cm³/mol. The molecule has 4 N–H and O–H groups in total. The summed E-state index contributed by atoms with van der Waals surface area (Å²) in [5.74, 6) is 0.276. The Morgan fingerprint density at radius 3 is 3.15 bits per heavy atom. The van der Waals surface area contributed by atoms with E-state index in [0.717, 1.165) is 19.5 Å². The second-order valence-electron chi connectivity index (χ2n) is 6.73. The lowest BCUT2D eigenvalue weighted by atomic mass is 9.89. The molecule has 0 radical (unpaired) electrons. The lowest BCUT2D eigenvalue weighted by Gasteiger charge is -2.27. The first-order chi connectivity index (χ1) is 12.6. The Labute approximate surface area is 149 Å². The molecule has 8 nitrogen and oxygen atoms in total. The minimum Gasteiger partial charge on any atom is -0.343 e. The molecule has 3 heterocycles. The summed E-state index contributed by atoms with van der Waals surface area (Å²) in [6.45, 7) is 3.52. The predicted octanol–water partition coefficient (Wildman–Crippen LogP) is 0.507. The molecule has 0 bridgehead atoms. The van der Waals surface area contributed by atoms with Crippen LogP contribution in [0.25, 0.3) is 11.4 Å². The van der Waals surface area contributed by atoms with Crippen molar-refractivity contribution >= 4 is 5.91 Å². The fraction of sp³-hybridized carbons (Fsp3) is 0.471. The van der Waals surface area contributed by atoms with E-state index in [2.05, 4.69) is 31.6 Å². The lowest BCUT2D eigenvalue weighted by molar-refractivity contribution is -0.124. The Morgan fingerprint density at radius 1 is 1.42 bits per heavy atom. The summed E-state index contributed by atoms with van der Waals surface area (Å²) < 4.78 is 18.6. The minimum absolute atomic E-state index is 0.119. The molecular formula is C17H21FN6O2. The molecule has 2 aliphatic heterocycles. The maximum Gasteiger partial charge on any atom is 0.249 e. The molecular weight excluding hydrogens is 339 g/mol. The quantitative estimate of drug-likeness (QED) is 0.630. The van der Waals surface area contributed by atoms with Crippen LogP contribution in [-0.2, 0) is 4.79 Å². The summed E-state index contributed by atoms with van der Waals surface area (Å²) in [6, 6.07) is 5.50. The molecule has 1 amide bonds. The molecule has 1 aromatic heterocycles. The van der Waals surface area contributed by atoms with E-state index in [1.54, 1.807) is 19.1 Å². The molecule has 138 valence electrons. The highest BCUT2D eigenvalue weighted by molar-refractivity contribution is 5.82. The van der Waals surface area contributed by atoms with Crippen molar-refractivity contribution in [3.8, 4) is 11.4 Å². The van der Waals surface area contributed by atoms with Gasteiger partial charge in [0.2, 0.25) is 17.6 Å². The third-order valence-corrected chi connectivity index (χ3v) is 4.92. The Balaban J connectivity index is 1.42. The van der Waals surface area contributed by atoms with E-state index in [4.69, 9.17) is 4.52 Å². The summed E-state index contributed by atoms with van der Waals surface area (Å²) in [5, 5.41) is 10.1. The Morgan fingerprint density at radius 2 is 2.31 bits per heavy atom. The van der Waals surface area contributed by atoms with E-state index in [9.17, 15) is 9.18 Å². The molecule has 4 rings (SSSR count). The second-order valence-corrected chi connectivity index (χ2v) is 6.73. The van der Waals surface area contributed by atoms with E-state index in [-0.39, 0.29) is 35.4 Å². The first-order valence-electron chi connectivity index (χ1n) is 8.73. The molecule has 2 aromatic rings. The summed E-state index contributed by atoms with van der Waals surface area (Å²) >= 11 is 0. The summed E-state index contributed by atoms with van der Waals surface area (Å²) in [7, 11) is 0. The highest BCUT2D eigenvalue weighted by Crippen LogP contribution is 2.22. The van der Waals surface area contributed by atoms with Gasteiger partial charge in [-0.05, 0) is 32.0 Å². The van der Waals surface area contributed by atoms with Crippen LogP contribution in [0.1, 0.15) is 25.3 Å². The molecule has 0 aliphatic carbocycles. The average molecular weight is 360 g/mol. The average Bonchev–Trinajstić information content (AvgIpc) is 3.29. The number of halogens is 1. The van der Waals surface area contributed by atoms with Crippen molar-refractivity contribution in [2.75, 3.05) is 13.1 Å². The summed E-state index contributed by atoms with van der Waals surface area (Å²) in [5.41, 5.74) is 6.80. The van der Waals surface area contributed by atoms with Crippen LogP contribution >= 0.6 is 0 Å². The lowest BCUT2D eigenvalue weighted by Crippen LogP contribution is -2.49. The molecule has 0 spiro atoms. The van der Waals surface area contributed by atoms with Crippen LogP contribution in [0.5, 0.6) is 0 Å². The summed E-state index contributed by atoms with van der Waals surface area (Å²) in [6.07, 6.45) is 0.984. The number of piperidine rings is 1. The van der Waals surface area contributed by atoms with Gasteiger partial charge in [-0.3, -0.25) is 10.2 Å². The van der Waals surface area contributed by atoms with E-state index < -0.39 is 6.04 Å². The van der Waals surface area contributed by atoms with E-state index in [1.165, 1.54) is 12.1 Å². The molecule has 1 aromatic carbocycles. The van der Waals surface area contributed by atoms with Crippen molar-refractivity contribution < 1.29 is 13.7 Å². The molecule has 4 atom stereocenters. The third-order valence-electron chi connectivity index (χ3n) is 4.92. The molecule has 2 aliphatic rings. The van der Waals surface area contributed by atoms with Crippen LogP contribution in [0.2, 0.25) is 0 Å². The van der Waals surface area contributed by atoms with Crippen molar-refractivity contribution in [2.24, 2.45) is 5.92 Å². The molecule has 9 heteroatoms. The van der Waals surface area contributed by atoms with Crippen LogP contribution in [-0.4, -0.2) is 41.2 Å². The number of amides is 1. The second kappa shape index (κ2) is 7.10.